The van der Waals surface area contributed by atoms with Crippen molar-refractivity contribution in [3.8, 4) is 0 Å². The average Bonchev–Trinajstić information content (AvgIpc) is 3.36. The molecule has 2 heterocycles. The second-order valence-electron chi connectivity index (χ2n) is 8.35. The number of hydrogen-bond acceptors (Lipinski definition) is 5. The molecule has 0 spiro atoms. The summed E-state index contributed by atoms with van der Waals surface area (Å²) in [7, 11) is 0. The lowest BCUT2D eigenvalue weighted by atomic mass is 10.0. The summed E-state index contributed by atoms with van der Waals surface area (Å²) in [5, 5.41) is 2.78. The Morgan fingerprint density at radius 1 is 1.00 bits per heavy atom. The molecule has 1 N–H and O–H groups in total. The van der Waals surface area contributed by atoms with Crippen LogP contribution in [-0.2, 0) is 25.8 Å². The Kier molecular flexibility index (Phi) is 7.80. The third-order valence-electron chi connectivity index (χ3n) is 5.79. The minimum absolute atomic E-state index is 0.130. The number of benzene rings is 2. The number of amides is 1. The van der Waals surface area contributed by atoms with Crippen LogP contribution in [0, 0.1) is 0 Å². The van der Waals surface area contributed by atoms with Gasteiger partial charge in [-0.2, -0.15) is 13.2 Å². The summed E-state index contributed by atoms with van der Waals surface area (Å²) in [6.45, 7) is 2.71. The highest BCUT2D eigenvalue weighted by Crippen LogP contribution is 2.31. The Labute approximate surface area is 206 Å². The highest BCUT2D eigenvalue weighted by Gasteiger charge is 2.30. The van der Waals surface area contributed by atoms with E-state index in [9.17, 15) is 18.0 Å². The number of hydrogen-bond donors (Lipinski definition) is 1. The zero-order valence-electron chi connectivity index (χ0n) is 19.6. The monoisotopic (exact) mass is 494 g/mol. The van der Waals surface area contributed by atoms with E-state index < -0.39 is 11.7 Å². The maximum Gasteiger partial charge on any atom is 0.416 e. The van der Waals surface area contributed by atoms with E-state index in [-0.39, 0.29) is 30.7 Å². The quantitative estimate of drug-likeness (QED) is 0.319. The van der Waals surface area contributed by atoms with E-state index in [1.165, 1.54) is 12.3 Å². The van der Waals surface area contributed by atoms with E-state index in [1.54, 1.807) is 30.6 Å². The van der Waals surface area contributed by atoms with Gasteiger partial charge in [0.15, 0.2) is 5.69 Å². The molecule has 2 aromatic heterocycles. The van der Waals surface area contributed by atoms with Crippen LogP contribution in [0.1, 0.15) is 51.6 Å². The average molecular weight is 495 g/mol. The number of nitrogens with one attached hydrogen (secondary N) is 1. The molecule has 6 nitrogen and oxygen atoms in total. The third-order valence-corrected chi connectivity index (χ3v) is 5.79. The molecule has 4 aromatic rings. The molecule has 0 bridgehead atoms. The van der Waals surface area contributed by atoms with Gasteiger partial charge in [0.2, 0.25) is 5.89 Å². The third kappa shape index (κ3) is 6.57. The summed E-state index contributed by atoms with van der Waals surface area (Å²) in [6.07, 6.45) is 0.144. The number of aromatic nitrogens is 2. The number of oxazole rings is 1. The van der Waals surface area contributed by atoms with Crippen molar-refractivity contribution in [1.29, 1.82) is 0 Å². The molecule has 0 fully saturated rings. The van der Waals surface area contributed by atoms with Crippen molar-refractivity contribution in [1.82, 2.24) is 20.2 Å². The van der Waals surface area contributed by atoms with E-state index in [4.69, 9.17) is 4.42 Å². The highest BCUT2D eigenvalue weighted by atomic mass is 19.4. The summed E-state index contributed by atoms with van der Waals surface area (Å²) in [5.41, 5.74) is 1.83. The van der Waals surface area contributed by atoms with Crippen molar-refractivity contribution < 1.29 is 22.4 Å². The predicted octanol–water partition coefficient (Wildman–Crippen LogP) is 5.78. The summed E-state index contributed by atoms with van der Waals surface area (Å²) in [5.74, 6) is -0.0961. The second-order valence-corrected chi connectivity index (χ2v) is 8.35. The molecule has 0 radical (unpaired) electrons. The van der Waals surface area contributed by atoms with Crippen LogP contribution in [0.2, 0.25) is 0 Å². The van der Waals surface area contributed by atoms with Gasteiger partial charge < -0.3 is 9.73 Å². The SMILES string of the molecule is CC(c1ccccc1)N(Cc1cccc(C(F)(F)F)c1)Cc1nc(C(=O)NCc2ccncc2)co1. The molecule has 0 aliphatic carbocycles. The summed E-state index contributed by atoms with van der Waals surface area (Å²) < 4.78 is 45.3. The summed E-state index contributed by atoms with van der Waals surface area (Å²) in [6, 6.07) is 18.3. The van der Waals surface area contributed by atoms with Crippen LogP contribution < -0.4 is 5.32 Å². The van der Waals surface area contributed by atoms with Gasteiger partial charge in [0, 0.05) is 31.5 Å². The van der Waals surface area contributed by atoms with E-state index in [0.717, 1.165) is 23.3 Å². The molecule has 1 atom stereocenters. The maximum atomic E-state index is 13.2. The maximum absolute atomic E-state index is 13.2. The first kappa shape index (κ1) is 25.1. The fourth-order valence-electron chi connectivity index (χ4n) is 3.79. The minimum Gasteiger partial charge on any atom is -0.447 e. The second kappa shape index (κ2) is 11.2. The predicted molar refractivity (Wildman–Crippen MR) is 127 cm³/mol. The van der Waals surface area contributed by atoms with Gasteiger partial charge in [-0.1, -0.05) is 48.5 Å². The largest absolute Gasteiger partial charge is 0.447 e. The topological polar surface area (TPSA) is 71.3 Å². The van der Waals surface area contributed by atoms with Crippen LogP contribution in [0.15, 0.2) is 89.8 Å². The normalized spacial score (nSPS) is 12.5. The molecule has 186 valence electrons. The van der Waals surface area contributed by atoms with Gasteiger partial charge in [-0.15, -0.1) is 0 Å². The van der Waals surface area contributed by atoms with Crippen LogP contribution >= 0.6 is 0 Å². The van der Waals surface area contributed by atoms with Crippen molar-refractivity contribution in [2.75, 3.05) is 0 Å². The Morgan fingerprint density at radius 2 is 1.75 bits per heavy atom. The van der Waals surface area contributed by atoms with Gasteiger partial charge in [-0.3, -0.25) is 14.7 Å². The molecule has 36 heavy (non-hydrogen) atoms. The summed E-state index contributed by atoms with van der Waals surface area (Å²) >= 11 is 0. The van der Waals surface area contributed by atoms with Crippen molar-refractivity contribution in [3.63, 3.8) is 0 Å². The number of carbonyl (C=O) groups excluding carboxylic acids is 1. The fourth-order valence-corrected chi connectivity index (χ4v) is 3.79. The van der Waals surface area contributed by atoms with Gasteiger partial charge in [0.1, 0.15) is 6.26 Å². The van der Waals surface area contributed by atoms with Crippen molar-refractivity contribution in [2.45, 2.75) is 38.8 Å². The van der Waals surface area contributed by atoms with Gasteiger partial charge >= 0.3 is 6.18 Å². The zero-order chi connectivity index (χ0) is 25.5. The number of pyridine rings is 1. The first-order chi connectivity index (χ1) is 17.3. The van der Waals surface area contributed by atoms with Crippen LogP contribution in [0.4, 0.5) is 13.2 Å². The van der Waals surface area contributed by atoms with Gasteiger partial charge in [-0.05, 0) is 41.8 Å². The van der Waals surface area contributed by atoms with Crippen LogP contribution in [0.3, 0.4) is 0 Å². The van der Waals surface area contributed by atoms with Crippen LogP contribution in [0.5, 0.6) is 0 Å². The molecule has 2 aromatic carbocycles. The zero-order valence-corrected chi connectivity index (χ0v) is 19.6. The molecule has 0 saturated heterocycles. The molecule has 0 saturated carbocycles. The Bertz CT molecular complexity index is 1280. The smallest absolute Gasteiger partial charge is 0.416 e. The van der Waals surface area contributed by atoms with Crippen molar-refractivity contribution in [2.24, 2.45) is 0 Å². The summed E-state index contributed by atoms with van der Waals surface area (Å²) in [4.78, 5) is 22.7. The van der Waals surface area contributed by atoms with Crippen molar-refractivity contribution in [3.05, 3.63) is 119 Å². The van der Waals surface area contributed by atoms with Gasteiger partial charge in [0.25, 0.3) is 5.91 Å². The van der Waals surface area contributed by atoms with E-state index in [2.05, 4.69) is 15.3 Å². The van der Waals surface area contributed by atoms with Gasteiger partial charge in [0.05, 0.1) is 12.1 Å². The lowest BCUT2D eigenvalue weighted by Crippen LogP contribution is -2.27. The first-order valence-corrected chi connectivity index (χ1v) is 11.4. The molecule has 0 aliphatic heterocycles. The minimum atomic E-state index is -4.42. The van der Waals surface area contributed by atoms with E-state index in [0.29, 0.717) is 18.0 Å². The van der Waals surface area contributed by atoms with Crippen molar-refractivity contribution >= 4 is 5.91 Å². The molecule has 1 amide bonds. The van der Waals surface area contributed by atoms with Gasteiger partial charge in [-0.25, -0.2) is 4.98 Å². The van der Waals surface area contributed by atoms with Crippen LogP contribution in [0.25, 0.3) is 0 Å². The molecule has 9 heteroatoms. The van der Waals surface area contributed by atoms with Crippen LogP contribution in [-0.4, -0.2) is 20.8 Å². The first-order valence-electron chi connectivity index (χ1n) is 11.4. The Hall–Kier alpha value is -3.98. The number of alkyl halides is 3. The lowest BCUT2D eigenvalue weighted by molar-refractivity contribution is -0.137. The number of halogens is 3. The Balaban J connectivity index is 1.51. The molecule has 4 rings (SSSR count). The molecule has 1 unspecified atom stereocenters. The molecular formula is C27H25F3N4O2. The highest BCUT2D eigenvalue weighted by molar-refractivity contribution is 5.91. The number of rotatable bonds is 9. The fraction of sp³-hybridized carbons (Fsp3) is 0.222. The molecule has 0 aliphatic rings. The lowest BCUT2D eigenvalue weighted by Gasteiger charge is -2.28. The van der Waals surface area contributed by atoms with E-state index >= 15 is 0 Å². The molecular weight excluding hydrogens is 469 g/mol. The number of carbonyl (C=O) groups is 1. The standard InChI is InChI=1S/C27H25F3N4O2/c1-19(22-7-3-2-4-8-22)34(16-21-6-5-9-23(14-21)27(28,29)30)17-25-33-24(18-36-25)26(35)32-15-20-10-12-31-13-11-20/h2-14,18-19H,15-17H2,1H3,(H,32,35). The number of nitrogens with zero attached hydrogens (tertiary/aromatic N) is 3. The Morgan fingerprint density at radius 3 is 2.47 bits per heavy atom. The van der Waals surface area contributed by atoms with E-state index in [1.807, 2.05) is 42.2 Å².